The summed E-state index contributed by atoms with van der Waals surface area (Å²) < 4.78 is 81.7. The Bertz CT molecular complexity index is 3700. The number of hydrogen-bond donors (Lipinski definition) is 0. The van der Waals surface area contributed by atoms with E-state index in [4.69, 9.17) is 71.1 Å². The number of methoxy groups -OCH3 is 1. The molecule has 123 heavy (non-hydrogen) atoms. The molecule has 0 aromatic carbocycles. The summed E-state index contributed by atoms with van der Waals surface area (Å²) in [4.78, 5) is 155. The third-order valence-electron chi connectivity index (χ3n) is 29.7. The summed E-state index contributed by atoms with van der Waals surface area (Å²) in [5.41, 5.74) is -2.66. The van der Waals surface area contributed by atoms with Gasteiger partial charge in [-0.1, -0.05) is 145 Å². The minimum Gasteiger partial charge on any atom is -0.469 e. The predicted octanol–water partition coefficient (Wildman–Crippen LogP) is 16.4. The van der Waals surface area contributed by atoms with Crippen molar-refractivity contribution in [2.45, 2.75) is 401 Å². The fourth-order valence-corrected chi connectivity index (χ4v) is 20.6. The zero-order valence-corrected chi connectivity index (χ0v) is 67.5. The van der Waals surface area contributed by atoms with E-state index < -0.39 is 75.4 Å². The standard InChI is InChI=1S/C16H22O6.C15H22O4.C14H20O4.C13H18O5.C13H18O4.C12H16O5.12CH4/c1-5-16(2,3)15(19)22-12-7-6-8-10(9(7)13(17)20-4)14(18)21-11(8)12;1-5-14(2,3)12(16)19-11-8-6-9-10(7-8)18-13(17)15(9,11)4;1-4-14(2,3)13(16)18-11-7-5-8-9(6-7)17-12(15)10(8)11;1-4-13(2,3)12(15)18-9-7-5-6-8(16-7)10(9)17-11(6)14;1-3-6(2)12(14)17-11-7-4-8-9(5-7)16-13(15)10(8)11;1-3-5(2)11(13)16-9-7-4-6-8(15-7)10(9)17-12(6)14;;;;;;;;;;;;/h7-12H,5-6H2,1-4H3;8-11H,5-7H2,1-4H3;7-11H,4-6H2,1-3H3;6-10H,4-5H2,1-3H3;6-11H,3-5H2,1-2H3;5-10H,3-4H2,1-2H3;12*1H4. The molecule has 8 saturated carbocycles. The second-order valence-corrected chi connectivity index (χ2v) is 37.5. The first-order valence-electron chi connectivity index (χ1n) is 41.1. The molecular weight excluding hydrogens is 1590 g/mol. The van der Waals surface area contributed by atoms with Crippen molar-refractivity contribution in [1.82, 2.24) is 0 Å². The summed E-state index contributed by atoms with van der Waals surface area (Å²) in [6.45, 7) is 32.2. The van der Waals surface area contributed by atoms with Gasteiger partial charge in [0.1, 0.15) is 78.3 Å². The van der Waals surface area contributed by atoms with Crippen LogP contribution < -0.4 is 0 Å². The normalized spacial score (nSPS) is 37.7. The minimum absolute atomic E-state index is 0. The molecule has 12 bridgehead atoms. The van der Waals surface area contributed by atoms with Gasteiger partial charge in [-0.15, -0.1) is 0 Å². The van der Waals surface area contributed by atoms with E-state index in [9.17, 15) is 62.3 Å². The van der Waals surface area contributed by atoms with Crippen molar-refractivity contribution in [2.75, 3.05) is 7.11 Å². The largest absolute Gasteiger partial charge is 0.469 e. The van der Waals surface area contributed by atoms with E-state index in [0.29, 0.717) is 61.7 Å². The van der Waals surface area contributed by atoms with Crippen molar-refractivity contribution in [1.29, 1.82) is 0 Å². The van der Waals surface area contributed by atoms with Crippen LogP contribution in [0.15, 0.2) is 0 Å². The maximum Gasteiger partial charge on any atom is 0.316 e. The van der Waals surface area contributed by atoms with Gasteiger partial charge >= 0.3 is 77.6 Å². The smallest absolute Gasteiger partial charge is 0.316 e. The van der Waals surface area contributed by atoms with Gasteiger partial charge in [-0.3, -0.25) is 62.3 Å². The van der Waals surface area contributed by atoms with E-state index in [0.717, 1.165) is 64.2 Å². The molecule has 712 valence electrons. The van der Waals surface area contributed by atoms with Gasteiger partial charge in [0.15, 0.2) is 24.4 Å². The maximum absolute atomic E-state index is 12.4. The average Bonchev–Trinajstić information content (AvgIpc) is 1.54. The van der Waals surface area contributed by atoms with Crippen molar-refractivity contribution in [2.24, 2.45) is 122 Å². The molecule has 18 fully saturated rings. The lowest BCUT2D eigenvalue weighted by Gasteiger charge is -2.34. The molecule has 0 spiro atoms. The van der Waals surface area contributed by atoms with E-state index in [1.807, 2.05) is 118 Å². The molecule has 10 saturated heterocycles. The summed E-state index contributed by atoms with van der Waals surface area (Å²) >= 11 is 0. The number of fused-ring (bicyclic) bond motifs is 6. The summed E-state index contributed by atoms with van der Waals surface area (Å²) in [5, 5.41) is 0. The lowest BCUT2D eigenvalue weighted by molar-refractivity contribution is -0.173. The van der Waals surface area contributed by atoms with E-state index >= 15 is 0 Å². The van der Waals surface area contributed by atoms with E-state index in [2.05, 4.69) is 0 Å². The van der Waals surface area contributed by atoms with Crippen LogP contribution in [0.1, 0.15) is 303 Å². The Morgan fingerprint density at radius 2 is 0.724 bits per heavy atom. The molecule has 18 rings (SSSR count). The number of hydrogen-bond acceptors (Lipinski definition) is 28. The van der Waals surface area contributed by atoms with Gasteiger partial charge in [-0.2, -0.15) is 0 Å². The van der Waals surface area contributed by atoms with Gasteiger partial charge in [0.05, 0.1) is 76.5 Å². The summed E-state index contributed by atoms with van der Waals surface area (Å²) in [5.74, 6) is -3.23. The maximum atomic E-state index is 12.4. The van der Waals surface area contributed by atoms with Crippen LogP contribution in [-0.2, 0) is 133 Å². The minimum atomic E-state index is -0.604. The highest BCUT2D eigenvalue weighted by Crippen LogP contribution is 2.64. The number of esters is 13. The highest BCUT2D eigenvalue weighted by molar-refractivity contribution is 5.87. The Morgan fingerprint density at radius 3 is 1.13 bits per heavy atom. The van der Waals surface area contributed by atoms with Crippen LogP contribution in [0.2, 0.25) is 0 Å². The van der Waals surface area contributed by atoms with Crippen LogP contribution in [0.3, 0.4) is 0 Å². The van der Waals surface area contributed by atoms with Crippen LogP contribution >= 0.6 is 0 Å². The van der Waals surface area contributed by atoms with Crippen molar-refractivity contribution < 1.29 is 133 Å². The molecule has 33 atom stereocenters. The number of rotatable bonds is 19. The van der Waals surface area contributed by atoms with Crippen LogP contribution in [0.25, 0.3) is 0 Å². The van der Waals surface area contributed by atoms with Crippen molar-refractivity contribution in [3.63, 3.8) is 0 Å². The first-order chi connectivity index (χ1) is 52.2. The van der Waals surface area contributed by atoms with Gasteiger partial charge in [-0.25, -0.2) is 0 Å². The highest BCUT2D eigenvalue weighted by atomic mass is 16.7. The fourth-order valence-electron chi connectivity index (χ4n) is 20.6. The molecule has 0 N–H and O–H groups in total. The monoisotopic (exact) mass is 1750 g/mol. The fraction of sp³-hybridized carbons (Fsp3) is 0.863. The lowest BCUT2D eigenvalue weighted by Crippen LogP contribution is -2.45. The summed E-state index contributed by atoms with van der Waals surface area (Å²) in [6.07, 6.45) is 8.08. The molecule has 8 aliphatic carbocycles. The van der Waals surface area contributed by atoms with Crippen LogP contribution in [0, 0.1) is 122 Å². The van der Waals surface area contributed by atoms with Crippen LogP contribution in [0.5, 0.6) is 0 Å². The van der Waals surface area contributed by atoms with Crippen molar-refractivity contribution >= 4 is 77.6 Å². The first kappa shape index (κ1) is 114. The quantitative estimate of drug-likeness (QED) is 0.0856. The lowest BCUT2D eigenvalue weighted by atomic mass is 9.73. The number of ether oxygens (including phenoxy) is 15. The zero-order valence-electron chi connectivity index (χ0n) is 67.5. The molecular formula is C95H164O28. The number of carbonyl (C=O) groups is 13. The third kappa shape index (κ3) is 19.7. The summed E-state index contributed by atoms with van der Waals surface area (Å²) in [6, 6.07) is 0. The molecule has 10 heterocycles. The Kier molecular flexibility index (Phi) is 39.2. The van der Waals surface area contributed by atoms with Gasteiger partial charge in [0.2, 0.25) is 0 Å². The van der Waals surface area contributed by atoms with Gasteiger partial charge in [-0.05, 0) is 159 Å². The molecule has 28 heteroatoms. The molecule has 28 nitrogen and oxygen atoms in total. The molecule has 0 aromatic heterocycles. The molecule has 10 aliphatic heterocycles. The second kappa shape index (κ2) is 42.3. The van der Waals surface area contributed by atoms with Gasteiger partial charge in [0, 0.05) is 47.3 Å². The van der Waals surface area contributed by atoms with E-state index in [1.165, 1.54) is 7.11 Å². The van der Waals surface area contributed by atoms with Crippen LogP contribution in [-0.4, -0.2) is 182 Å². The average molecular weight is 1750 g/mol. The van der Waals surface area contributed by atoms with Crippen molar-refractivity contribution in [3.05, 3.63) is 0 Å². The Morgan fingerprint density at radius 1 is 0.366 bits per heavy atom. The van der Waals surface area contributed by atoms with Crippen molar-refractivity contribution in [3.8, 4) is 0 Å². The van der Waals surface area contributed by atoms with Gasteiger partial charge < -0.3 is 71.1 Å². The topological polar surface area (TPSA) is 360 Å². The highest BCUT2D eigenvalue weighted by Gasteiger charge is 2.74. The van der Waals surface area contributed by atoms with Gasteiger partial charge in [0.25, 0.3) is 0 Å². The van der Waals surface area contributed by atoms with Crippen LogP contribution in [0.4, 0.5) is 0 Å². The molecule has 0 radical (unpaired) electrons. The zero-order chi connectivity index (χ0) is 80.7. The number of carbonyl (C=O) groups excluding carboxylic acids is 13. The van der Waals surface area contributed by atoms with E-state index in [1.54, 1.807) is 0 Å². The predicted molar refractivity (Wildman–Crippen MR) is 462 cm³/mol. The Balaban J connectivity index is 0.000000725. The van der Waals surface area contributed by atoms with E-state index in [-0.39, 0.29) is 281 Å². The molecule has 18 aliphatic rings. The molecule has 0 aromatic rings. The molecule has 0 amide bonds. The second-order valence-electron chi connectivity index (χ2n) is 37.5. The summed E-state index contributed by atoms with van der Waals surface area (Å²) in [7, 11) is 1.31. The third-order valence-corrected chi connectivity index (χ3v) is 29.7. The SMILES string of the molecule is C.C.C.C.C.C.C.C.C.C.C.C.CCC(C)(C)C(=O)OC1C2CC3C(=O)OC1C3O2.CCC(C)(C)C(=O)OC1C2CC3C1OC(=O)C3C2C(=O)OC.CCC(C)(C)C(=O)OC1C2CC3OC(=O)C1(C)C3C2.CCC(C)(C)C(=O)OC1C2CC3OC(=O)C1C3C2.CCC(C)C(=O)OC1C2CC3C(=O)OC1C3O2.CCC(C)C(=O)OC1C2CC3OC(=O)C1C3C2. The first-order valence-corrected chi connectivity index (χ1v) is 41.1. The Labute approximate surface area is 737 Å². The Hall–Kier alpha value is -6.97. The molecule has 33 unspecified atom stereocenters.